The van der Waals surface area contributed by atoms with Crippen molar-refractivity contribution in [3.63, 3.8) is 0 Å². The molecule has 0 bridgehead atoms. The van der Waals surface area contributed by atoms with E-state index in [-0.39, 0.29) is 88.3 Å². The van der Waals surface area contributed by atoms with Crippen LogP contribution in [0.4, 0.5) is 0 Å². The number of esters is 2. The number of carbonyl (C=O) groups is 4. The molecule has 6 heterocycles. The molecule has 11 aliphatic rings. The van der Waals surface area contributed by atoms with Crippen molar-refractivity contribution < 1.29 is 142 Å². The van der Waals surface area contributed by atoms with Gasteiger partial charge in [0.25, 0.3) is 0 Å². The quantitative estimate of drug-likeness (QED) is 0.0317. The maximum Gasteiger partial charge on any atom is 0.333 e. The molecule has 0 amide bonds. The van der Waals surface area contributed by atoms with E-state index < -0.39 is 224 Å². The minimum absolute atomic E-state index is 0.00781. The molecule has 0 aromatic heterocycles. The first kappa shape index (κ1) is 78.0. The van der Waals surface area contributed by atoms with Crippen molar-refractivity contribution >= 4 is 24.2 Å². The third-order valence-corrected chi connectivity index (χ3v) is 26.1. The van der Waals surface area contributed by atoms with E-state index in [4.69, 9.17) is 61.6 Å². The second kappa shape index (κ2) is 30.7. The van der Waals surface area contributed by atoms with E-state index in [0.717, 1.165) is 11.9 Å². The van der Waals surface area contributed by atoms with Crippen molar-refractivity contribution in [1.29, 1.82) is 0 Å². The van der Waals surface area contributed by atoms with E-state index in [1.54, 1.807) is 13.8 Å². The summed E-state index contributed by atoms with van der Waals surface area (Å²) in [6.45, 7) is 15.9. The fraction of sp³-hybridized carbons (Fsp3) is 0.915. The van der Waals surface area contributed by atoms with Crippen LogP contribution in [0, 0.1) is 56.7 Å². The van der Waals surface area contributed by atoms with Crippen LogP contribution in [0.2, 0.25) is 0 Å². The Morgan fingerprint density at radius 1 is 0.700 bits per heavy atom. The zero-order valence-electron chi connectivity index (χ0n) is 59.1. The van der Waals surface area contributed by atoms with Gasteiger partial charge in [-0.1, -0.05) is 66.5 Å². The number of hydrogen-bond donors (Lipinski definition) is 12. The third kappa shape index (κ3) is 14.8. The lowest BCUT2D eigenvalue weighted by molar-refractivity contribution is -0.355. The number of rotatable bonds is 22. The summed E-state index contributed by atoms with van der Waals surface area (Å²) < 4.78 is 79.3. The average molecular weight is 1430 g/mol. The summed E-state index contributed by atoms with van der Waals surface area (Å²) in [5.41, 5.74) is -5.05. The predicted molar refractivity (Wildman–Crippen MR) is 343 cm³/mol. The molecule has 0 radical (unpaired) electrons. The molecule has 570 valence electrons. The first-order chi connectivity index (χ1) is 47.1. The number of aliphatic hydroxyl groups excluding tert-OH is 10. The van der Waals surface area contributed by atoms with Crippen molar-refractivity contribution in [3.05, 3.63) is 11.6 Å². The zero-order valence-corrected chi connectivity index (χ0v) is 59.1. The van der Waals surface area contributed by atoms with E-state index in [1.165, 1.54) is 0 Å². The normalized spacial score (nSPS) is 49.8. The highest BCUT2D eigenvalue weighted by atomic mass is 16.8. The summed E-state index contributed by atoms with van der Waals surface area (Å²) in [7, 11) is 0. The van der Waals surface area contributed by atoms with Crippen LogP contribution in [-0.2, 0) is 80.8 Å². The molecular weight excluding hydrogens is 1320 g/mol. The van der Waals surface area contributed by atoms with Crippen molar-refractivity contribution in [1.82, 2.24) is 0 Å². The summed E-state index contributed by atoms with van der Waals surface area (Å²) in [5.74, 6) is -3.48. The molecule has 2 unspecified atom stereocenters. The van der Waals surface area contributed by atoms with Crippen molar-refractivity contribution in [2.75, 3.05) is 26.4 Å². The Balaban J connectivity index is 0.799. The number of carbonyl (C=O) groups excluding carboxylic acids is 3. The Morgan fingerprint density at radius 3 is 2.13 bits per heavy atom. The number of allylic oxidation sites excluding steroid dienone is 2. The monoisotopic (exact) mass is 1430 g/mol. The number of aliphatic carboxylic acids is 1. The highest BCUT2D eigenvalue weighted by Gasteiger charge is 2.72. The molecule has 0 aromatic carbocycles. The summed E-state index contributed by atoms with van der Waals surface area (Å²) >= 11 is 0. The second-order valence-electron chi connectivity index (χ2n) is 32.4. The minimum atomic E-state index is -1.99. The number of hydrogen-bond acceptors (Lipinski definition) is 28. The van der Waals surface area contributed by atoms with Gasteiger partial charge in [0.05, 0.1) is 93.2 Å². The fourth-order valence-corrected chi connectivity index (χ4v) is 19.6. The number of fused-ring (bicyclic) bond motifs is 7. The first-order valence-corrected chi connectivity index (χ1v) is 36.5. The lowest BCUT2D eigenvalue weighted by atomic mass is 9.33. The number of ether oxygens (including phenoxy) is 13. The standard InChI is InChI=1S/C71H112O29/c1-10-34(3)42(75)20-37(74)21-53(80)93-39-23-48(97-63-57(82)56(81)58(36(5)92-63)99-54-26-46(45(78)29-88-54)96-64-59(83)70(87,31-73)32-90-64)62(89-28-39)100-65(86)71-18-13-33(2)19-41(71)40-11-12-50-66(6)16-15-52(67(7,30-72)49(66)14-17-68(50,8)69(40,9)27-51(71)79)98-55-24-38(22-47(95-55)60(84)85)94-61-44(77)25-43(76)35(4)91-61/h11,30,33-39,41-52,54-59,61-64,73-79,81-83,87H,10,12-29,31-32H2,1-9H3,(H,84,85)/t33-,34-,35-,36-,37-,38-,39+,41-,42-,43+,44+,45+,46+,47-,48+,49?,50?,51+,52-,54-,55-,56-,57+,58-,59-,61-,62-,63-,64-,66-,67-,68+,69+,70+,71+/m0/s1. The van der Waals surface area contributed by atoms with Gasteiger partial charge in [0.1, 0.15) is 66.1 Å². The minimum Gasteiger partial charge on any atom is -0.479 e. The van der Waals surface area contributed by atoms with Gasteiger partial charge in [-0.05, 0) is 117 Å². The SMILES string of the molecule is CC[C@H](C)[C@@H](O)C[C@H](O)CC(=O)O[C@H]1CO[C@@H](OC(=O)[C@]23CC[C@H](C)C[C@H]2C2=CCC4[C@@]5(C)CC[C@H](O[C@H]6C[C@@H](O[C@@H]7O[C@@H](C)[C@H](O)C[C@H]7O)C[C@@H](C(=O)O)O6)[C@@](C)(C=O)C5CC[C@@]4(C)[C@]2(C)C[C@H]3O)[C@H](O[C@@H]2O[C@@H](C)[C@H](O[C@H]3C[C@@H](O[C@@H]4OC[C@](O)(CO)[C@H]4O)[C@H](O)CO3)[C@@H](O)[C@H]2O)C1. The first-order valence-electron chi connectivity index (χ1n) is 36.5. The molecule has 12 N–H and O–H groups in total. The summed E-state index contributed by atoms with van der Waals surface area (Å²) in [4.78, 5) is 55.7. The smallest absolute Gasteiger partial charge is 0.333 e. The number of carboxylic acid groups (broad SMARTS) is 1. The van der Waals surface area contributed by atoms with Gasteiger partial charge in [0, 0.05) is 38.5 Å². The number of carboxylic acids is 1. The summed E-state index contributed by atoms with van der Waals surface area (Å²) in [6, 6.07) is 0. The molecule has 6 aliphatic heterocycles. The van der Waals surface area contributed by atoms with Gasteiger partial charge >= 0.3 is 17.9 Å². The van der Waals surface area contributed by atoms with Crippen LogP contribution in [0.25, 0.3) is 0 Å². The molecule has 0 spiro atoms. The maximum atomic E-state index is 15.8. The van der Waals surface area contributed by atoms with Gasteiger partial charge < -0.3 is 128 Å². The molecule has 29 nitrogen and oxygen atoms in total. The second-order valence-corrected chi connectivity index (χ2v) is 32.4. The van der Waals surface area contributed by atoms with Crippen molar-refractivity contribution in [2.24, 2.45) is 56.7 Å². The molecule has 100 heavy (non-hydrogen) atoms. The van der Waals surface area contributed by atoms with E-state index >= 15 is 4.79 Å². The van der Waals surface area contributed by atoms with Gasteiger partial charge in [-0.25, -0.2) is 4.79 Å². The topological polar surface area (TPSA) is 431 Å². The van der Waals surface area contributed by atoms with Crippen LogP contribution in [0.5, 0.6) is 0 Å². The lowest BCUT2D eigenvalue weighted by Crippen LogP contribution is -2.68. The Hall–Kier alpha value is -3.06. The van der Waals surface area contributed by atoms with E-state index in [1.807, 2.05) is 20.8 Å². The molecule has 6 saturated heterocycles. The van der Waals surface area contributed by atoms with Crippen LogP contribution in [0.3, 0.4) is 0 Å². The molecule has 5 aliphatic carbocycles. The Morgan fingerprint density at radius 2 is 1.43 bits per heavy atom. The van der Waals surface area contributed by atoms with Crippen LogP contribution in [-0.4, -0.2) is 265 Å². The van der Waals surface area contributed by atoms with E-state index in [9.17, 15) is 75.7 Å². The molecule has 10 fully saturated rings. The van der Waals surface area contributed by atoms with Crippen LogP contribution in [0.1, 0.15) is 171 Å². The molecule has 4 saturated carbocycles. The molecular formula is C71H112O29. The maximum absolute atomic E-state index is 15.8. The number of aliphatic hydroxyl groups is 11. The fourth-order valence-electron chi connectivity index (χ4n) is 19.6. The van der Waals surface area contributed by atoms with Crippen LogP contribution >= 0.6 is 0 Å². The number of aldehydes is 1. The van der Waals surface area contributed by atoms with Gasteiger partial charge in [-0.3, -0.25) is 9.59 Å². The van der Waals surface area contributed by atoms with E-state index in [0.29, 0.717) is 51.4 Å². The Labute approximate surface area is 583 Å². The van der Waals surface area contributed by atoms with Gasteiger partial charge in [-0.2, -0.15) is 0 Å². The molecule has 11 rings (SSSR count). The summed E-state index contributed by atoms with van der Waals surface area (Å²) in [6.07, 6.45) is -21.5. The Bertz CT molecular complexity index is 2870. The zero-order chi connectivity index (χ0) is 72.5. The van der Waals surface area contributed by atoms with Crippen molar-refractivity contribution in [3.8, 4) is 0 Å². The lowest BCUT2D eigenvalue weighted by Gasteiger charge is -2.71. The summed E-state index contributed by atoms with van der Waals surface area (Å²) in [5, 5.41) is 131. The highest BCUT2D eigenvalue weighted by Crippen LogP contribution is 2.75. The predicted octanol–water partition coefficient (Wildman–Crippen LogP) is 1.68. The molecule has 0 aromatic rings. The van der Waals surface area contributed by atoms with Gasteiger partial charge in [0.15, 0.2) is 37.6 Å². The van der Waals surface area contributed by atoms with E-state index in [2.05, 4.69) is 33.8 Å². The molecule has 29 heteroatoms. The van der Waals surface area contributed by atoms with Crippen molar-refractivity contribution in [2.45, 2.75) is 325 Å². The van der Waals surface area contributed by atoms with Gasteiger partial charge in [0.2, 0.25) is 6.29 Å². The van der Waals surface area contributed by atoms with Gasteiger partial charge in [-0.15, -0.1) is 0 Å². The van der Waals surface area contributed by atoms with Crippen LogP contribution < -0.4 is 0 Å². The van der Waals surface area contributed by atoms with Crippen LogP contribution in [0.15, 0.2) is 11.6 Å². The average Bonchev–Trinajstić information content (AvgIpc) is 0.727. The largest absolute Gasteiger partial charge is 0.479 e. The third-order valence-electron chi connectivity index (χ3n) is 26.1. The molecule has 35 atom stereocenters. The highest BCUT2D eigenvalue weighted by molar-refractivity contribution is 5.80. The Kier molecular flexibility index (Phi) is 23.9.